The molecule has 0 aliphatic heterocycles. The van der Waals surface area contributed by atoms with Crippen LogP contribution in [0.25, 0.3) is 0 Å². The molecule has 0 spiro atoms. The fourth-order valence-electron chi connectivity index (χ4n) is 1.37. The summed E-state index contributed by atoms with van der Waals surface area (Å²) in [6, 6.07) is 9.53. The van der Waals surface area contributed by atoms with Crippen molar-refractivity contribution in [1.29, 1.82) is 0 Å². The summed E-state index contributed by atoms with van der Waals surface area (Å²) < 4.78 is 5.47. The third-order valence-corrected chi connectivity index (χ3v) is 2.45. The molecule has 1 amide bonds. The number of hydrogen-bond donors (Lipinski definition) is 1. The molecule has 4 heteroatoms. The lowest BCUT2D eigenvalue weighted by molar-refractivity contribution is -0.130. The van der Waals surface area contributed by atoms with Crippen molar-refractivity contribution >= 4 is 5.91 Å². The zero-order valence-electron chi connectivity index (χ0n) is 10.5. The van der Waals surface area contributed by atoms with Crippen LogP contribution in [0.15, 0.2) is 30.3 Å². The Hall–Kier alpha value is -1.55. The zero-order valence-corrected chi connectivity index (χ0v) is 10.5. The minimum Gasteiger partial charge on any atom is -0.493 e. The highest BCUT2D eigenvalue weighted by atomic mass is 16.5. The molecule has 0 unspecified atom stereocenters. The van der Waals surface area contributed by atoms with Crippen LogP contribution in [-0.2, 0) is 4.79 Å². The predicted octanol–water partition coefficient (Wildman–Crippen LogP) is 1.13. The topological polar surface area (TPSA) is 41.6 Å². The van der Waals surface area contributed by atoms with Gasteiger partial charge in [-0.15, -0.1) is 0 Å². The minimum atomic E-state index is 0.108. The standard InChI is InChI=1S/C13H20N2O2/c1-14-9-10-15(2)13(16)8-11-17-12-6-4-3-5-7-12/h3-7,14H,8-11H2,1-2H3. The number of ether oxygens (including phenoxy) is 1. The van der Waals surface area contributed by atoms with Gasteiger partial charge in [0, 0.05) is 20.1 Å². The van der Waals surface area contributed by atoms with E-state index in [0.29, 0.717) is 13.0 Å². The van der Waals surface area contributed by atoms with Crippen molar-refractivity contribution in [2.24, 2.45) is 0 Å². The quantitative estimate of drug-likeness (QED) is 0.771. The number of para-hydroxylation sites is 1. The number of nitrogens with one attached hydrogen (secondary N) is 1. The monoisotopic (exact) mass is 236 g/mol. The molecule has 1 N–H and O–H groups in total. The summed E-state index contributed by atoms with van der Waals surface area (Å²) in [5.74, 6) is 0.911. The Morgan fingerprint density at radius 1 is 1.35 bits per heavy atom. The van der Waals surface area contributed by atoms with Crippen molar-refractivity contribution in [1.82, 2.24) is 10.2 Å². The number of benzene rings is 1. The Morgan fingerprint density at radius 3 is 2.71 bits per heavy atom. The molecule has 0 bridgehead atoms. The summed E-state index contributed by atoms with van der Waals surface area (Å²) in [5, 5.41) is 3.01. The normalized spacial score (nSPS) is 10.0. The molecule has 0 aliphatic rings. The largest absolute Gasteiger partial charge is 0.493 e. The van der Waals surface area contributed by atoms with Crippen molar-refractivity contribution in [2.45, 2.75) is 6.42 Å². The molecule has 0 saturated heterocycles. The van der Waals surface area contributed by atoms with Crippen LogP contribution in [-0.4, -0.2) is 44.6 Å². The Morgan fingerprint density at radius 2 is 2.06 bits per heavy atom. The third kappa shape index (κ3) is 5.36. The maximum absolute atomic E-state index is 11.7. The molecule has 94 valence electrons. The highest BCUT2D eigenvalue weighted by Crippen LogP contribution is 2.08. The molecular formula is C13H20N2O2. The first-order chi connectivity index (χ1) is 8.24. The molecule has 1 aromatic rings. The summed E-state index contributed by atoms with van der Waals surface area (Å²) in [5.41, 5.74) is 0. The second kappa shape index (κ2) is 7.68. The van der Waals surface area contributed by atoms with Gasteiger partial charge < -0.3 is 15.0 Å². The van der Waals surface area contributed by atoms with E-state index >= 15 is 0 Å². The SMILES string of the molecule is CNCCN(C)C(=O)CCOc1ccccc1. The van der Waals surface area contributed by atoms with Gasteiger partial charge in [-0.2, -0.15) is 0 Å². The Bertz CT molecular complexity index is 327. The van der Waals surface area contributed by atoms with Crippen LogP contribution in [0.2, 0.25) is 0 Å². The number of likely N-dealkylation sites (N-methyl/N-ethyl adjacent to an activating group) is 2. The van der Waals surface area contributed by atoms with Crippen LogP contribution in [0.5, 0.6) is 5.75 Å². The number of carbonyl (C=O) groups excluding carboxylic acids is 1. The average Bonchev–Trinajstić information content (AvgIpc) is 2.37. The molecule has 0 radical (unpaired) electrons. The van der Waals surface area contributed by atoms with Gasteiger partial charge in [0.1, 0.15) is 5.75 Å². The molecule has 0 aromatic heterocycles. The summed E-state index contributed by atoms with van der Waals surface area (Å²) in [6.45, 7) is 1.95. The fourth-order valence-corrected chi connectivity index (χ4v) is 1.37. The molecule has 17 heavy (non-hydrogen) atoms. The number of hydrogen-bond acceptors (Lipinski definition) is 3. The number of rotatable bonds is 7. The van der Waals surface area contributed by atoms with Crippen LogP contribution in [0.1, 0.15) is 6.42 Å². The van der Waals surface area contributed by atoms with Gasteiger partial charge in [0.2, 0.25) is 5.91 Å². The van der Waals surface area contributed by atoms with Crippen molar-refractivity contribution in [3.8, 4) is 5.75 Å². The summed E-state index contributed by atoms with van der Waals surface area (Å²) >= 11 is 0. The highest BCUT2D eigenvalue weighted by Gasteiger charge is 2.07. The van der Waals surface area contributed by atoms with Gasteiger partial charge in [0.15, 0.2) is 0 Å². The molecule has 0 fully saturated rings. The van der Waals surface area contributed by atoms with E-state index in [1.807, 2.05) is 44.4 Å². The van der Waals surface area contributed by atoms with Gasteiger partial charge in [0.25, 0.3) is 0 Å². The smallest absolute Gasteiger partial charge is 0.225 e. The van der Waals surface area contributed by atoms with Crippen LogP contribution < -0.4 is 10.1 Å². The number of nitrogens with zero attached hydrogens (tertiary/aromatic N) is 1. The van der Waals surface area contributed by atoms with Gasteiger partial charge in [-0.3, -0.25) is 4.79 Å². The van der Waals surface area contributed by atoms with Gasteiger partial charge in [-0.25, -0.2) is 0 Å². The first-order valence-corrected chi connectivity index (χ1v) is 5.80. The second-order valence-corrected chi connectivity index (χ2v) is 3.83. The Labute approximate surface area is 103 Å². The van der Waals surface area contributed by atoms with Crippen LogP contribution in [0.4, 0.5) is 0 Å². The molecule has 0 aliphatic carbocycles. The van der Waals surface area contributed by atoms with Gasteiger partial charge >= 0.3 is 0 Å². The molecule has 1 rings (SSSR count). The average molecular weight is 236 g/mol. The van der Waals surface area contributed by atoms with E-state index < -0.39 is 0 Å². The van der Waals surface area contributed by atoms with Gasteiger partial charge in [-0.1, -0.05) is 18.2 Å². The van der Waals surface area contributed by atoms with Crippen molar-refractivity contribution < 1.29 is 9.53 Å². The van der Waals surface area contributed by atoms with Crippen molar-refractivity contribution in [3.05, 3.63) is 30.3 Å². The third-order valence-electron chi connectivity index (χ3n) is 2.45. The first-order valence-electron chi connectivity index (χ1n) is 5.80. The van der Waals surface area contributed by atoms with E-state index in [2.05, 4.69) is 5.32 Å². The van der Waals surface area contributed by atoms with Crippen LogP contribution in [0, 0.1) is 0 Å². The second-order valence-electron chi connectivity index (χ2n) is 3.83. The van der Waals surface area contributed by atoms with E-state index in [-0.39, 0.29) is 5.91 Å². The maximum Gasteiger partial charge on any atom is 0.225 e. The lowest BCUT2D eigenvalue weighted by atomic mass is 10.3. The fraction of sp³-hybridized carbons (Fsp3) is 0.462. The van der Waals surface area contributed by atoms with Crippen LogP contribution >= 0.6 is 0 Å². The number of carbonyl (C=O) groups is 1. The maximum atomic E-state index is 11.7. The first kappa shape index (κ1) is 13.5. The number of amides is 1. The van der Waals surface area contributed by atoms with Gasteiger partial charge in [-0.05, 0) is 19.2 Å². The summed E-state index contributed by atoms with van der Waals surface area (Å²) in [4.78, 5) is 13.4. The Kier molecular flexibility index (Phi) is 6.10. The van der Waals surface area contributed by atoms with E-state index in [1.54, 1.807) is 4.90 Å². The molecule has 1 aromatic carbocycles. The molecule has 0 heterocycles. The molecule has 0 atom stereocenters. The Balaban J connectivity index is 2.20. The molecule has 0 saturated carbocycles. The molecule has 4 nitrogen and oxygen atoms in total. The van der Waals surface area contributed by atoms with Gasteiger partial charge in [0.05, 0.1) is 13.0 Å². The summed E-state index contributed by atoms with van der Waals surface area (Å²) in [6.07, 6.45) is 0.412. The zero-order chi connectivity index (χ0) is 12.5. The molecular weight excluding hydrogens is 216 g/mol. The highest BCUT2D eigenvalue weighted by molar-refractivity contribution is 5.75. The van der Waals surface area contributed by atoms with E-state index in [9.17, 15) is 4.79 Å². The lowest BCUT2D eigenvalue weighted by Crippen LogP contribution is -2.33. The van der Waals surface area contributed by atoms with E-state index in [1.165, 1.54) is 0 Å². The van der Waals surface area contributed by atoms with E-state index in [4.69, 9.17) is 4.74 Å². The predicted molar refractivity (Wildman–Crippen MR) is 68.1 cm³/mol. The summed E-state index contributed by atoms with van der Waals surface area (Å²) in [7, 11) is 3.68. The van der Waals surface area contributed by atoms with Crippen LogP contribution in [0.3, 0.4) is 0 Å². The van der Waals surface area contributed by atoms with E-state index in [0.717, 1.165) is 18.8 Å². The minimum absolute atomic E-state index is 0.108. The van der Waals surface area contributed by atoms with Crippen molar-refractivity contribution in [2.75, 3.05) is 33.8 Å². The lowest BCUT2D eigenvalue weighted by Gasteiger charge is -2.16. The van der Waals surface area contributed by atoms with Crippen molar-refractivity contribution in [3.63, 3.8) is 0 Å².